The lowest BCUT2D eigenvalue weighted by Crippen LogP contribution is -1.89. The Bertz CT molecular complexity index is 280. The Morgan fingerprint density at radius 3 is 2.73 bits per heavy atom. The number of rotatable bonds is 3. The highest BCUT2D eigenvalue weighted by atomic mass is 35.5. The van der Waals surface area contributed by atoms with Crippen LogP contribution in [0.25, 0.3) is 0 Å². The lowest BCUT2D eigenvalue weighted by atomic mass is 10.8. The molecule has 2 nitrogen and oxygen atoms in total. The molecule has 1 rings (SSSR count). The zero-order valence-corrected chi connectivity index (χ0v) is 8.58. The molecular formula is C5H5ClO2S3. The summed E-state index contributed by atoms with van der Waals surface area (Å²) in [6.45, 7) is 0.109. The van der Waals surface area contributed by atoms with Gasteiger partial charge in [-0.15, -0.1) is 11.8 Å². The Morgan fingerprint density at radius 1 is 1.55 bits per heavy atom. The van der Waals surface area contributed by atoms with Crippen LogP contribution in [0.2, 0.25) is 5.02 Å². The fraction of sp³-hybridized carbons (Fsp3) is 0.400. The van der Waals surface area contributed by atoms with E-state index in [1.165, 1.54) is 22.1 Å². The Morgan fingerprint density at radius 2 is 2.27 bits per heavy atom. The predicted octanol–water partition coefficient (Wildman–Crippen LogP) is 1.91. The molecule has 0 amide bonds. The fourth-order valence-corrected chi connectivity index (χ4v) is 4.38. The Hall–Kier alpha value is 0.450. The maximum Gasteiger partial charge on any atom is 0.262 e. The second-order valence-electron chi connectivity index (χ2n) is 1.63. The molecule has 0 fully saturated rings. The van der Waals surface area contributed by atoms with E-state index in [4.69, 9.17) is 16.7 Å². The molecule has 0 saturated carbocycles. The first kappa shape index (κ1) is 9.54. The molecule has 1 N–H and O–H groups in total. The quantitative estimate of drug-likeness (QED) is 0.635. The van der Waals surface area contributed by atoms with Crippen LogP contribution in [0, 0.1) is 0 Å². The van der Waals surface area contributed by atoms with E-state index < -0.39 is 0 Å². The summed E-state index contributed by atoms with van der Waals surface area (Å²) in [7, 11) is 2.50. The van der Waals surface area contributed by atoms with Gasteiger partial charge in [0.15, 0.2) is 0 Å². The second-order valence-corrected chi connectivity index (χ2v) is 5.48. The minimum atomic E-state index is -0.0860. The van der Waals surface area contributed by atoms with Crippen molar-refractivity contribution in [3.8, 4) is 0 Å². The topological polar surface area (TPSA) is 37.3 Å². The molecule has 1 heterocycles. The third kappa shape index (κ3) is 2.45. The van der Waals surface area contributed by atoms with Gasteiger partial charge in [0, 0.05) is 5.75 Å². The van der Waals surface area contributed by atoms with Gasteiger partial charge in [0.1, 0.15) is 5.02 Å². The highest BCUT2D eigenvalue weighted by molar-refractivity contribution is 8.02. The van der Waals surface area contributed by atoms with Gasteiger partial charge in [0.25, 0.3) is 4.74 Å². The number of thioether (sulfide) groups is 1. The maximum atomic E-state index is 10.8. The van der Waals surface area contributed by atoms with Crippen molar-refractivity contribution in [2.75, 3.05) is 12.4 Å². The van der Waals surface area contributed by atoms with Gasteiger partial charge in [-0.2, -0.15) is 0 Å². The highest BCUT2D eigenvalue weighted by Crippen LogP contribution is 2.31. The summed E-state index contributed by atoms with van der Waals surface area (Å²) in [4.78, 5) is 10.8. The lowest BCUT2D eigenvalue weighted by molar-refractivity contribution is 0.322. The van der Waals surface area contributed by atoms with Crippen LogP contribution in [0.15, 0.2) is 9.00 Å². The molecule has 1 aromatic heterocycles. The Labute approximate surface area is 80.2 Å². The molecule has 0 aliphatic rings. The van der Waals surface area contributed by atoms with Crippen molar-refractivity contribution in [1.82, 2.24) is 0 Å². The van der Waals surface area contributed by atoms with Crippen LogP contribution in [0.1, 0.15) is 0 Å². The monoisotopic (exact) mass is 228 g/mol. The van der Waals surface area contributed by atoms with Gasteiger partial charge in [-0.1, -0.05) is 21.9 Å². The first-order chi connectivity index (χ1) is 5.25. The van der Waals surface area contributed by atoms with Crippen molar-refractivity contribution < 1.29 is 5.11 Å². The molecule has 11 heavy (non-hydrogen) atoms. The summed E-state index contributed by atoms with van der Waals surface area (Å²) >= 11 is 7.07. The zero-order valence-electron chi connectivity index (χ0n) is 5.37. The highest BCUT2D eigenvalue weighted by Gasteiger charge is 2.07. The summed E-state index contributed by atoms with van der Waals surface area (Å²) in [5.41, 5.74) is 0. The van der Waals surface area contributed by atoms with Gasteiger partial charge in [0.05, 0.1) is 10.8 Å². The molecule has 0 saturated heterocycles. The first-order valence-electron chi connectivity index (χ1n) is 2.78. The molecular weight excluding hydrogens is 224 g/mol. The normalized spacial score (nSPS) is 10.4. The fourth-order valence-electron chi connectivity index (χ4n) is 0.458. The Kier molecular flexibility index (Phi) is 3.88. The molecule has 0 aliphatic heterocycles. The minimum absolute atomic E-state index is 0.0860. The van der Waals surface area contributed by atoms with Crippen LogP contribution in [0.4, 0.5) is 0 Å². The van der Waals surface area contributed by atoms with Crippen molar-refractivity contribution in [2.24, 2.45) is 0 Å². The summed E-state index contributed by atoms with van der Waals surface area (Å²) in [6, 6.07) is 0. The number of halogens is 1. The van der Waals surface area contributed by atoms with Gasteiger partial charge in [-0.25, -0.2) is 0 Å². The minimum Gasteiger partial charge on any atom is -0.396 e. The number of hydrogen-bond acceptors (Lipinski definition) is 5. The third-order valence-electron chi connectivity index (χ3n) is 0.876. The van der Waals surface area contributed by atoms with Crippen LogP contribution >= 0.6 is 44.0 Å². The number of aliphatic hydroxyl groups excluding tert-OH is 1. The van der Waals surface area contributed by atoms with Gasteiger partial charge in [0.2, 0.25) is 0 Å². The van der Waals surface area contributed by atoms with E-state index in [1.54, 1.807) is 0 Å². The van der Waals surface area contributed by atoms with Crippen molar-refractivity contribution in [2.45, 2.75) is 4.21 Å². The van der Waals surface area contributed by atoms with Crippen molar-refractivity contribution in [3.05, 3.63) is 14.6 Å². The van der Waals surface area contributed by atoms with Gasteiger partial charge in [-0.3, -0.25) is 4.79 Å². The van der Waals surface area contributed by atoms with E-state index in [1.807, 2.05) is 0 Å². The van der Waals surface area contributed by atoms with Crippen LogP contribution in [-0.2, 0) is 0 Å². The first-order valence-corrected chi connectivity index (χ1v) is 6.29. The van der Waals surface area contributed by atoms with Crippen molar-refractivity contribution in [1.29, 1.82) is 0 Å². The average Bonchev–Trinajstić information content (AvgIpc) is 2.31. The second kappa shape index (κ2) is 4.47. The van der Waals surface area contributed by atoms with Gasteiger partial charge >= 0.3 is 0 Å². The lowest BCUT2D eigenvalue weighted by Gasteiger charge is -1.91. The molecule has 0 bridgehead atoms. The molecule has 0 aromatic carbocycles. The van der Waals surface area contributed by atoms with Gasteiger partial charge in [-0.05, 0) is 10.3 Å². The molecule has 0 unspecified atom stereocenters. The summed E-state index contributed by atoms with van der Waals surface area (Å²) in [5, 5.41) is 8.80. The molecule has 0 atom stereocenters. The predicted molar refractivity (Wildman–Crippen MR) is 51.3 cm³/mol. The standard InChI is InChI=1S/C5H5ClO2S3/c6-3-4(8)10-11-5(3)9-2-1-7/h7H,1-2H2. The van der Waals surface area contributed by atoms with Crippen molar-refractivity contribution in [3.63, 3.8) is 0 Å². The third-order valence-corrected chi connectivity index (χ3v) is 5.34. The molecule has 0 aliphatic carbocycles. The summed E-state index contributed by atoms with van der Waals surface area (Å²) in [5.74, 6) is 0.590. The summed E-state index contributed by atoms with van der Waals surface area (Å²) < 4.78 is 0.729. The van der Waals surface area contributed by atoms with Crippen LogP contribution in [0.3, 0.4) is 0 Å². The Balaban J connectivity index is 2.71. The van der Waals surface area contributed by atoms with Gasteiger partial charge < -0.3 is 5.11 Å². The largest absolute Gasteiger partial charge is 0.396 e. The number of hydrogen-bond donors (Lipinski definition) is 1. The van der Waals surface area contributed by atoms with Crippen molar-refractivity contribution >= 4 is 44.0 Å². The van der Waals surface area contributed by atoms with E-state index in [0.717, 1.165) is 14.5 Å². The van der Waals surface area contributed by atoms with Crippen LogP contribution in [0.5, 0.6) is 0 Å². The zero-order chi connectivity index (χ0) is 8.27. The van der Waals surface area contributed by atoms with E-state index in [2.05, 4.69) is 0 Å². The van der Waals surface area contributed by atoms with E-state index in [9.17, 15) is 4.79 Å². The molecule has 0 spiro atoms. The SMILES string of the molecule is O=c1ssc(SCCO)c1Cl. The molecule has 1 aromatic rings. The molecule has 62 valence electrons. The summed E-state index contributed by atoms with van der Waals surface area (Å²) in [6.07, 6.45) is 0. The molecule has 6 heteroatoms. The molecule has 0 radical (unpaired) electrons. The number of aliphatic hydroxyl groups is 1. The van der Waals surface area contributed by atoms with E-state index >= 15 is 0 Å². The van der Waals surface area contributed by atoms with Crippen LogP contribution in [-0.4, -0.2) is 17.5 Å². The van der Waals surface area contributed by atoms with E-state index in [0.29, 0.717) is 10.8 Å². The van der Waals surface area contributed by atoms with E-state index in [-0.39, 0.29) is 11.3 Å². The maximum absolute atomic E-state index is 10.8. The average molecular weight is 229 g/mol. The van der Waals surface area contributed by atoms with Crippen LogP contribution < -0.4 is 4.74 Å². The smallest absolute Gasteiger partial charge is 0.262 e.